The highest BCUT2D eigenvalue weighted by molar-refractivity contribution is 6.42. The molecule has 0 aromatic heterocycles. The van der Waals surface area contributed by atoms with E-state index in [1.807, 2.05) is 0 Å². The number of methoxy groups -OCH3 is 1. The van der Waals surface area contributed by atoms with Crippen LogP contribution < -0.4 is 5.48 Å². The fourth-order valence-electron chi connectivity index (χ4n) is 1.22. The minimum absolute atomic E-state index is 0.0889. The molecule has 0 heterocycles. The number of hydroxylamine groups is 1. The zero-order chi connectivity index (χ0) is 15.1. The fourth-order valence-corrected chi connectivity index (χ4v) is 1.54. The molecule has 0 amide bonds. The van der Waals surface area contributed by atoms with Crippen molar-refractivity contribution in [1.82, 2.24) is 5.48 Å². The van der Waals surface area contributed by atoms with Crippen LogP contribution in [0.2, 0.25) is 10.0 Å². The van der Waals surface area contributed by atoms with Crippen LogP contribution in [0.1, 0.15) is 12.5 Å². The highest BCUT2D eigenvalue weighted by atomic mass is 35.5. The molecule has 110 valence electrons. The summed E-state index contributed by atoms with van der Waals surface area (Å²) in [6.07, 6.45) is -1.33. The Bertz CT molecular complexity index is 495. The first-order valence-corrected chi connectivity index (χ1v) is 6.26. The lowest BCUT2D eigenvalue weighted by Crippen LogP contribution is -2.41. The molecule has 0 fully saturated rings. The smallest absolute Gasteiger partial charge is 0.365 e. The molecular formula is C12H13Cl2NO5. The lowest BCUT2D eigenvalue weighted by Gasteiger charge is -2.15. The molecule has 0 radical (unpaired) electrons. The molecule has 0 aliphatic rings. The van der Waals surface area contributed by atoms with Gasteiger partial charge in [0.25, 0.3) is 6.23 Å². The first-order chi connectivity index (χ1) is 9.43. The molecule has 20 heavy (non-hydrogen) atoms. The van der Waals surface area contributed by atoms with Gasteiger partial charge in [-0.15, -0.1) is 0 Å². The van der Waals surface area contributed by atoms with Crippen molar-refractivity contribution in [3.05, 3.63) is 33.8 Å². The summed E-state index contributed by atoms with van der Waals surface area (Å²) in [4.78, 5) is 27.2. The van der Waals surface area contributed by atoms with E-state index in [2.05, 4.69) is 15.0 Å². The molecule has 0 saturated carbocycles. The number of carbonyl (C=O) groups excluding carboxylic acids is 2. The number of rotatable bonds is 6. The van der Waals surface area contributed by atoms with Crippen molar-refractivity contribution in [2.75, 3.05) is 7.11 Å². The predicted octanol–water partition coefficient (Wildman–Crippen LogP) is 2.08. The van der Waals surface area contributed by atoms with Gasteiger partial charge in [0.2, 0.25) is 0 Å². The molecule has 1 N–H and O–H groups in total. The Hall–Kier alpha value is -1.34. The van der Waals surface area contributed by atoms with Crippen molar-refractivity contribution in [3.63, 3.8) is 0 Å². The van der Waals surface area contributed by atoms with Crippen molar-refractivity contribution in [3.8, 4) is 0 Å². The van der Waals surface area contributed by atoms with E-state index in [4.69, 9.17) is 28.0 Å². The van der Waals surface area contributed by atoms with Crippen molar-refractivity contribution in [2.45, 2.75) is 19.8 Å². The van der Waals surface area contributed by atoms with Crippen LogP contribution in [-0.2, 0) is 30.5 Å². The lowest BCUT2D eigenvalue weighted by molar-refractivity contribution is -0.180. The SMILES string of the molecule is COC(=O)C(NOCc1ccc(Cl)c(Cl)c1)OC(C)=O. The van der Waals surface area contributed by atoms with Gasteiger partial charge in [0.1, 0.15) is 0 Å². The molecule has 1 aromatic rings. The first kappa shape index (κ1) is 16.7. The van der Waals surface area contributed by atoms with Crippen LogP contribution in [0.4, 0.5) is 0 Å². The summed E-state index contributed by atoms with van der Waals surface area (Å²) >= 11 is 11.6. The molecule has 1 aromatic carbocycles. The zero-order valence-corrected chi connectivity index (χ0v) is 12.3. The minimum Gasteiger partial charge on any atom is -0.465 e. The van der Waals surface area contributed by atoms with E-state index in [0.717, 1.165) is 12.5 Å². The quantitative estimate of drug-likeness (QED) is 0.491. The van der Waals surface area contributed by atoms with Gasteiger partial charge in [-0.25, -0.2) is 4.79 Å². The molecule has 1 atom stereocenters. The van der Waals surface area contributed by atoms with Gasteiger partial charge in [-0.3, -0.25) is 9.63 Å². The Morgan fingerprint density at radius 1 is 1.30 bits per heavy atom. The first-order valence-electron chi connectivity index (χ1n) is 5.50. The molecule has 0 aliphatic heterocycles. The molecule has 0 aliphatic carbocycles. The topological polar surface area (TPSA) is 73.9 Å². The normalized spacial score (nSPS) is 11.8. The Balaban J connectivity index is 2.53. The highest BCUT2D eigenvalue weighted by Crippen LogP contribution is 2.22. The van der Waals surface area contributed by atoms with E-state index in [1.54, 1.807) is 18.2 Å². The third-order valence-corrected chi connectivity index (χ3v) is 2.85. The Kier molecular flexibility index (Phi) is 6.74. The van der Waals surface area contributed by atoms with Crippen LogP contribution in [0, 0.1) is 0 Å². The maximum Gasteiger partial charge on any atom is 0.365 e. The molecule has 8 heteroatoms. The summed E-state index contributed by atoms with van der Waals surface area (Å²) in [5.74, 6) is -1.43. The van der Waals surface area contributed by atoms with Crippen LogP contribution >= 0.6 is 23.2 Å². The maximum absolute atomic E-state index is 11.3. The number of carbonyl (C=O) groups is 2. The van der Waals surface area contributed by atoms with Crippen molar-refractivity contribution in [1.29, 1.82) is 0 Å². The summed E-state index contributed by atoms with van der Waals surface area (Å²) in [6.45, 7) is 1.25. The van der Waals surface area contributed by atoms with Gasteiger partial charge in [0.05, 0.1) is 23.8 Å². The fraction of sp³-hybridized carbons (Fsp3) is 0.333. The Morgan fingerprint density at radius 3 is 2.55 bits per heavy atom. The maximum atomic E-state index is 11.3. The van der Waals surface area contributed by atoms with E-state index in [-0.39, 0.29) is 6.61 Å². The monoisotopic (exact) mass is 321 g/mol. The van der Waals surface area contributed by atoms with E-state index in [0.29, 0.717) is 10.0 Å². The van der Waals surface area contributed by atoms with Crippen LogP contribution in [0.25, 0.3) is 0 Å². The second kappa shape index (κ2) is 8.06. The summed E-state index contributed by atoms with van der Waals surface area (Å²) < 4.78 is 9.14. The third-order valence-electron chi connectivity index (χ3n) is 2.11. The molecule has 0 saturated heterocycles. The summed E-state index contributed by atoms with van der Waals surface area (Å²) in [5.41, 5.74) is 3.01. The Morgan fingerprint density at radius 2 is 2.00 bits per heavy atom. The highest BCUT2D eigenvalue weighted by Gasteiger charge is 2.22. The molecule has 0 bridgehead atoms. The van der Waals surface area contributed by atoms with E-state index < -0.39 is 18.2 Å². The van der Waals surface area contributed by atoms with Crippen LogP contribution in [0.3, 0.4) is 0 Å². The second-order valence-electron chi connectivity index (χ2n) is 3.67. The van der Waals surface area contributed by atoms with Gasteiger partial charge in [-0.05, 0) is 17.7 Å². The van der Waals surface area contributed by atoms with E-state index in [1.165, 1.54) is 7.11 Å². The second-order valence-corrected chi connectivity index (χ2v) is 4.48. The summed E-state index contributed by atoms with van der Waals surface area (Å²) in [6, 6.07) is 4.94. The van der Waals surface area contributed by atoms with Crippen LogP contribution in [0.5, 0.6) is 0 Å². The van der Waals surface area contributed by atoms with Gasteiger partial charge in [-0.1, -0.05) is 29.3 Å². The molecule has 6 nitrogen and oxygen atoms in total. The van der Waals surface area contributed by atoms with Gasteiger partial charge in [-0.2, -0.15) is 5.48 Å². The molecular weight excluding hydrogens is 309 g/mol. The zero-order valence-electron chi connectivity index (χ0n) is 10.8. The van der Waals surface area contributed by atoms with Crippen molar-refractivity contribution in [2.24, 2.45) is 0 Å². The molecule has 1 rings (SSSR count). The number of ether oxygens (including phenoxy) is 2. The van der Waals surface area contributed by atoms with Gasteiger partial charge < -0.3 is 9.47 Å². The minimum atomic E-state index is -1.33. The predicted molar refractivity (Wildman–Crippen MR) is 72.0 cm³/mol. The van der Waals surface area contributed by atoms with Crippen LogP contribution in [0.15, 0.2) is 18.2 Å². The summed E-state index contributed by atoms with van der Waals surface area (Å²) in [7, 11) is 1.17. The lowest BCUT2D eigenvalue weighted by atomic mass is 10.2. The van der Waals surface area contributed by atoms with Crippen molar-refractivity contribution >= 4 is 35.1 Å². The van der Waals surface area contributed by atoms with Gasteiger partial charge in [0, 0.05) is 6.92 Å². The standard InChI is InChI=1S/C12H13Cl2NO5/c1-7(16)20-11(12(17)18-2)15-19-6-8-3-4-9(13)10(14)5-8/h3-5,11,15H,6H2,1-2H3. The van der Waals surface area contributed by atoms with Crippen molar-refractivity contribution < 1.29 is 23.9 Å². The number of benzene rings is 1. The number of esters is 2. The van der Waals surface area contributed by atoms with E-state index >= 15 is 0 Å². The average Bonchev–Trinajstić information content (AvgIpc) is 2.40. The average molecular weight is 322 g/mol. The number of halogens is 2. The molecule has 1 unspecified atom stereocenters. The van der Waals surface area contributed by atoms with Gasteiger partial charge >= 0.3 is 11.9 Å². The largest absolute Gasteiger partial charge is 0.465 e. The number of hydrogen-bond donors (Lipinski definition) is 1. The molecule has 0 spiro atoms. The summed E-state index contributed by atoms with van der Waals surface area (Å²) in [5, 5.41) is 0.813. The van der Waals surface area contributed by atoms with Crippen LogP contribution in [-0.4, -0.2) is 25.3 Å². The number of hydrogen-bond acceptors (Lipinski definition) is 6. The number of nitrogens with one attached hydrogen (secondary N) is 1. The third kappa shape index (κ3) is 5.34. The van der Waals surface area contributed by atoms with E-state index in [9.17, 15) is 9.59 Å². The van der Waals surface area contributed by atoms with Gasteiger partial charge in [0.15, 0.2) is 0 Å². The Labute approximate surface area is 125 Å².